The van der Waals surface area contributed by atoms with Gasteiger partial charge >= 0.3 is 5.97 Å². The average molecular weight is 279 g/mol. The highest BCUT2D eigenvalue weighted by Crippen LogP contribution is 2.36. The summed E-state index contributed by atoms with van der Waals surface area (Å²) in [5.41, 5.74) is 2.07. The number of aryl methyl sites for hydroxylation is 1. The number of halogens is 1. The van der Waals surface area contributed by atoms with E-state index in [1.165, 1.54) is 0 Å². The van der Waals surface area contributed by atoms with Crippen LogP contribution in [0.5, 0.6) is 0 Å². The minimum absolute atomic E-state index is 0.0261. The normalized spacial score (nSPS) is 23.1. The van der Waals surface area contributed by atoms with E-state index in [-0.39, 0.29) is 12.0 Å². The lowest BCUT2D eigenvalue weighted by Crippen LogP contribution is -2.17. The number of hydrogen-bond acceptors (Lipinski definition) is 2. The van der Waals surface area contributed by atoms with Gasteiger partial charge in [0.15, 0.2) is 0 Å². The van der Waals surface area contributed by atoms with Crippen LogP contribution in [0.25, 0.3) is 10.9 Å². The number of rotatable bonds is 2. The summed E-state index contributed by atoms with van der Waals surface area (Å²) in [4.78, 5) is 11.0. The smallest absolute Gasteiger partial charge is 0.307 e. The molecule has 2 atom stereocenters. The van der Waals surface area contributed by atoms with Gasteiger partial charge in [-0.15, -0.1) is 0 Å². The predicted molar refractivity (Wildman–Crippen MR) is 74.4 cm³/mol. The highest BCUT2D eigenvalue weighted by molar-refractivity contribution is 6.36. The number of nitrogens with zero attached hydrogens (tertiary/aromatic N) is 1. The number of fused-ring (bicyclic) bond motifs is 1. The number of carboxylic acid groups (broad SMARTS) is 1. The van der Waals surface area contributed by atoms with Crippen molar-refractivity contribution < 1.29 is 9.90 Å². The molecule has 1 saturated heterocycles. The molecule has 2 aromatic rings. The third kappa shape index (κ3) is 2.01. The predicted octanol–water partition coefficient (Wildman–Crippen LogP) is 2.57. The summed E-state index contributed by atoms with van der Waals surface area (Å²) in [5, 5.41) is 14.0. The van der Waals surface area contributed by atoms with Gasteiger partial charge in [0.2, 0.25) is 0 Å². The number of aliphatic carboxylic acids is 1. The van der Waals surface area contributed by atoms with Crippen LogP contribution in [-0.2, 0) is 11.8 Å². The zero-order chi connectivity index (χ0) is 13.6. The zero-order valence-corrected chi connectivity index (χ0v) is 11.3. The molecule has 4 nitrogen and oxygen atoms in total. The minimum Gasteiger partial charge on any atom is -0.481 e. The summed E-state index contributed by atoms with van der Waals surface area (Å²) >= 11 is 6.46. The molecule has 100 valence electrons. The van der Waals surface area contributed by atoms with Crippen LogP contribution in [0.2, 0.25) is 5.02 Å². The first-order chi connectivity index (χ1) is 9.08. The first-order valence-corrected chi connectivity index (χ1v) is 6.65. The molecule has 19 heavy (non-hydrogen) atoms. The van der Waals surface area contributed by atoms with Crippen LogP contribution in [0.15, 0.2) is 24.4 Å². The van der Waals surface area contributed by atoms with Crippen LogP contribution < -0.4 is 5.32 Å². The van der Waals surface area contributed by atoms with Crippen LogP contribution in [0.1, 0.15) is 18.0 Å². The number of hydrogen-bond donors (Lipinski definition) is 2. The molecule has 0 amide bonds. The first kappa shape index (κ1) is 12.5. The quantitative estimate of drug-likeness (QED) is 0.888. The van der Waals surface area contributed by atoms with E-state index in [1.54, 1.807) is 0 Å². The zero-order valence-electron chi connectivity index (χ0n) is 10.6. The molecule has 0 bridgehead atoms. The van der Waals surface area contributed by atoms with Crippen LogP contribution in [0, 0.1) is 5.92 Å². The van der Waals surface area contributed by atoms with Crippen molar-refractivity contribution >= 4 is 28.5 Å². The third-order valence-electron chi connectivity index (χ3n) is 3.89. The van der Waals surface area contributed by atoms with Crippen molar-refractivity contribution in [2.45, 2.75) is 12.5 Å². The van der Waals surface area contributed by atoms with E-state index in [1.807, 2.05) is 36.0 Å². The number of benzene rings is 1. The van der Waals surface area contributed by atoms with Crippen molar-refractivity contribution in [2.75, 3.05) is 6.54 Å². The van der Waals surface area contributed by atoms with Gasteiger partial charge in [-0.25, -0.2) is 0 Å². The van der Waals surface area contributed by atoms with Gasteiger partial charge in [-0.1, -0.05) is 17.7 Å². The fraction of sp³-hybridized carbons (Fsp3) is 0.357. The molecule has 1 aliphatic rings. The monoisotopic (exact) mass is 278 g/mol. The van der Waals surface area contributed by atoms with Crippen molar-refractivity contribution in [3.8, 4) is 0 Å². The molecule has 1 fully saturated rings. The van der Waals surface area contributed by atoms with Gasteiger partial charge in [-0.05, 0) is 24.1 Å². The fourth-order valence-electron chi connectivity index (χ4n) is 2.76. The Bertz CT molecular complexity index is 650. The lowest BCUT2D eigenvalue weighted by atomic mass is 9.99. The lowest BCUT2D eigenvalue weighted by molar-refractivity contribution is -0.141. The van der Waals surface area contributed by atoms with Gasteiger partial charge in [0.1, 0.15) is 0 Å². The summed E-state index contributed by atoms with van der Waals surface area (Å²) < 4.78 is 2.02. The van der Waals surface area contributed by atoms with E-state index in [4.69, 9.17) is 16.7 Å². The highest BCUT2D eigenvalue weighted by atomic mass is 35.5. The van der Waals surface area contributed by atoms with Gasteiger partial charge in [0.05, 0.1) is 10.9 Å². The van der Waals surface area contributed by atoms with Crippen LogP contribution in [-0.4, -0.2) is 22.2 Å². The van der Waals surface area contributed by atoms with E-state index in [9.17, 15) is 4.79 Å². The lowest BCUT2D eigenvalue weighted by Gasteiger charge is -2.13. The number of nitrogens with one attached hydrogen (secondary N) is 1. The van der Waals surface area contributed by atoms with Crippen molar-refractivity contribution in [2.24, 2.45) is 13.0 Å². The molecule has 0 radical (unpaired) electrons. The van der Waals surface area contributed by atoms with Crippen LogP contribution >= 0.6 is 11.6 Å². The Labute approximate surface area is 116 Å². The van der Waals surface area contributed by atoms with Crippen LogP contribution in [0.3, 0.4) is 0 Å². The molecule has 1 aromatic heterocycles. The SMILES string of the molecule is Cn1ccc2c(Cl)c(C3CC(C(=O)O)CN3)ccc21. The summed E-state index contributed by atoms with van der Waals surface area (Å²) in [7, 11) is 1.98. The Hall–Kier alpha value is -1.52. The second-order valence-corrected chi connectivity index (χ2v) is 5.44. The van der Waals surface area contributed by atoms with Gasteiger partial charge in [-0.3, -0.25) is 4.79 Å². The molecule has 2 unspecified atom stereocenters. The molecule has 2 N–H and O–H groups in total. The van der Waals surface area contributed by atoms with Gasteiger partial charge < -0.3 is 15.0 Å². The molecule has 1 aliphatic heterocycles. The van der Waals surface area contributed by atoms with E-state index in [2.05, 4.69) is 5.32 Å². The van der Waals surface area contributed by atoms with Crippen LogP contribution in [0.4, 0.5) is 0 Å². The fourth-order valence-corrected chi connectivity index (χ4v) is 3.12. The Morgan fingerprint density at radius 3 is 2.95 bits per heavy atom. The second kappa shape index (κ2) is 4.54. The van der Waals surface area contributed by atoms with E-state index in [0.717, 1.165) is 21.5 Å². The maximum atomic E-state index is 11.0. The second-order valence-electron chi connectivity index (χ2n) is 5.06. The maximum Gasteiger partial charge on any atom is 0.307 e. The molecule has 5 heteroatoms. The standard InChI is InChI=1S/C14H15ClN2O2/c1-17-5-4-10-12(17)3-2-9(13(10)15)11-6-8(7-16-11)14(18)19/h2-5,8,11,16H,6-7H2,1H3,(H,18,19). The Balaban J connectivity index is 1.98. The van der Waals surface area contributed by atoms with Crippen molar-refractivity contribution in [3.05, 3.63) is 35.0 Å². The summed E-state index contributed by atoms with van der Waals surface area (Å²) in [5.74, 6) is -1.07. The van der Waals surface area contributed by atoms with E-state index in [0.29, 0.717) is 13.0 Å². The summed E-state index contributed by atoms with van der Waals surface area (Å²) in [6.45, 7) is 0.503. The summed E-state index contributed by atoms with van der Waals surface area (Å²) in [6, 6.07) is 6.04. The van der Waals surface area contributed by atoms with Crippen molar-refractivity contribution in [3.63, 3.8) is 0 Å². The number of aromatic nitrogens is 1. The molecule has 1 aromatic carbocycles. The molecule has 0 spiro atoms. The van der Waals surface area contributed by atoms with Crippen molar-refractivity contribution in [1.29, 1.82) is 0 Å². The topological polar surface area (TPSA) is 54.3 Å². The molecular weight excluding hydrogens is 264 g/mol. The average Bonchev–Trinajstić information content (AvgIpc) is 2.98. The first-order valence-electron chi connectivity index (χ1n) is 6.27. The largest absolute Gasteiger partial charge is 0.481 e. The number of carbonyl (C=O) groups is 1. The maximum absolute atomic E-state index is 11.0. The molecule has 0 aliphatic carbocycles. The van der Waals surface area contributed by atoms with Crippen molar-refractivity contribution in [1.82, 2.24) is 9.88 Å². The molecular formula is C14H15ClN2O2. The highest BCUT2D eigenvalue weighted by Gasteiger charge is 2.31. The van der Waals surface area contributed by atoms with E-state index >= 15 is 0 Å². The van der Waals surface area contributed by atoms with Gasteiger partial charge in [0.25, 0.3) is 0 Å². The molecule has 2 heterocycles. The van der Waals surface area contributed by atoms with E-state index < -0.39 is 5.97 Å². The third-order valence-corrected chi connectivity index (χ3v) is 4.31. The Morgan fingerprint density at radius 1 is 1.47 bits per heavy atom. The Morgan fingerprint density at radius 2 is 2.26 bits per heavy atom. The Kier molecular flexibility index (Phi) is 2.99. The number of carboxylic acids is 1. The molecule has 3 rings (SSSR count). The summed E-state index contributed by atoms with van der Waals surface area (Å²) in [6.07, 6.45) is 2.57. The molecule has 0 saturated carbocycles. The van der Waals surface area contributed by atoms with Gasteiger partial charge in [-0.2, -0.15) is 0 Å². The minimum atomic E-state index is -0.744. The van der Waals surface area contributed by atoms with Gasteiger partial charge in [0, 0.05) is 36.7 Å².